The summed E-state index contributed by atoms with van der Waals surface area (Å²) in [7, 11) is 1.93. The zero-order valence-corrected chi connectivity index (χ0v) is 14.0. The Labute approximate surface area is 141 Å². The van der Waals surface area contributed by atoms with E-state index in [4.69, 9.17) is 4.74 Å². The van der Waals surface area contributed by atoms with Crippen molar-refractivity contribution in [2.45, 2.75) is 19.5 Å². The zero-order valence-electron chi connectivity index (χ0n) is 14.0. The highest BCUT2D eigenvalue weighted by Crippen LogP contribution is 2.25. The molecule has 1 aliphatic rings. The maximum absolute atomic E-state index is 5.68. The molecular weight excluding hydrogens is 302 g/mol. The summed E-state index contributed by atoms with van der Waals surface area (Å²) < 4.78 is 7.51. The van der Waals surface area contributed by atoms with Gasteiger partial charge in [-0.15, -0.1) is 0 Å². The molecule has 1 fully saturated rings. The Morgan fingerprint density at radius 1 is 1.25 bits per heavy atom. The van der Waals surface area contributed by atoms with Crippen molar-refractivity contribution >= 4 is 10.9 Å². The highest BCUT2D eigenvalue weighted by molar-refractivity contribution is 5.79. The molecule has 0 aliphatic carbocycles. The average Bonchev–Trinajstić information content (AvgIpc) is 3.01. The molecule has 24 heavy (non-hydrogen) atoms. The first-order chi connectivity index (χ1) is 11.7. The van der Waals surface area contributed by atoms with Crippen molar-refractivity contribution < 1.29 is 4.74 Å². The Bertz CT molecular complexity index is 859. The van der Waals surface area contributed by atoms with Crippen LogP contribution in [0.3, 0.4) is 0 Å². The van der Waals surface area contributed by atoms with E-state index in [1.54, 1.807) is 6.33 Å². The number of ether oxygens (including phenoxy) is 1. The number of aromatic nitrogens is 4. The summed E-state index contributed by atoms with van der Waals surface area (Å²) in [6, 6.07) is 10.8. The van der Waals surface area contributed by atoms with E-state index in [1.807, 2.05) is 18.7 Å². The third kappa shape index (κ3) is 2.90. The molecule has 3 heterocycles. The van der Waals surface area contributed by atoms with Crippen molar-refractivity contribution in [1.82, 2.24) is 24.6 Å². The maximum Gasteiger partial charge on any atom is 0.146 e. The van der Waals surface area contributed by atoms with Crippen molar-refractivity contribution in [3.05, 3.63) is 53.7 Å². The molecule has 0 N–H and O–H groups in total. The van der Waals surface area contributed by atoms with Gasteiger partial charge < -0.3 is 4.74 Å². The van der Waals surface area contributed by atoms with Crippen LogP contribution >= 0.6 is 0 Å². The highest BCUT2D eigenvalue weighted by atomic mass is 16.5. The van der Waals surface area contributed by atoms with E-state index in [1.165, 1.54) is 10.9 Å². The fourth-order valence-corrected chi connectivity index (χ4v) is 3.28. The molecule has 0 amide bonds. The monoisotopic (exact) mass is 323 g/mol. The molecule has 6 nitrogen and oxygen atoms in total. The SMILES string of the molecule is Cc1ccc2cc(CN3CCOC[C@H]3c3ncnn3C)ccc2n1. The average molecular weight is 323 g/mol. The number of pyridine rings is 1. The second-order valence-corrected chi connectivity index (χ2v) is 6.28. The molecule has 0 unspecified atom stereocenters. The van der Waals surface area contributed by atoms with E-state index in [9.17, 15) is 0 Å². The summed E-state index contributed by atoms with van der Waals surface area (Å²) in [6.07, 6.45) is 1.60. The molecule has 1 atom stereocenters. The molecule has 0 radical (unpaired) electrons. The third-order valence-electron chi connectivity index (χ3n) is 4.56. The quantitative estimate of drug-likeness (QED) is 0.740. The van der Waals surface area contributed by atoms with E-state index < -0.39 is 0 Å². The van der Waals surface area contributed by atoms with E-state index in [-0.39, 0.29) is 6.04 Å². The topological polar surface area (TPSA) is 56.1 Å². The van der Waals surface area contributed by atoms with Gasteiger partial charge >= 0.3 is 0 Å². The van der Waals surface area contributed by atoms with Crippen molar-refractivity contribution in [1.29, 1.82) is 0 Å². The first-order valence-electron chi connectivity index (χ1n) is 8.23. The Morgan fingerprint density at radius 2 is 2.17 bits per heavy atom. The smallest absolute Gasteiger partial charge is 0.146 e. The number of benzene rings is 1. The van der Waals surface area contributed by atoms with E-state index in [0.29, 0.717) is 6.61 Å². The molecule has 6 heteroatoms. The second-order valence-electron chi connectivity index (χ2n) is 6.28. The molecule has 1 aromatic carbocycles. The molecule has 1 saturated heterocycles. The minimum atomic E-state index is 0.137. The van der Waals surface area contributed by atoms with Crippen LogP contribution in [0.1, 0.15) is 23.1 Å². The van der Waals surface area contributed by atoms with Crippen LogP contribution in [0, 0.1) is 6.92 Å². The van der Waals surface area contributed by atoms with Crippen LogP contribution in [0.25, 0.3) is 10.9 Å². The van der Waals surface area contributed by atoms with Gasteiger partial charge in [0.1, 0.15) is 12.2 Å². The molecule has 2 aromatic heterocycles. The highest BCUT2D eigenvalue weighted by Gasteiger charge is 2.28. The zero-order chi connectivity index (χ0) is 16.5. The predicted octanol–water partition coefficient (Wildman–Crippen LogP) is 2.25. The maximum atomic E-state index is 5.68. The molecule has 124 valence electrons. The van der Waals surface area contributed by atoms with Crippen LogP contribution < -0.4 is 0 Å². The number of aryl methyl sites for hydroxylation is 2. The van der Waals surface area contributed by atoms with Gasteiger partial charge in [0.05, 0.1) is 24.8 Å². The Kier molecular flexibility index (Phi) is 4.00. The van der Waals surface area contributed by atoms with Crippen LogP contribution in [0.5, 0.6) is 0 Å². The Morgan fingerprint density at radius 3 is 3.00 bits per heavy atom. The summed E-state index contributed by atoms with van der Waals surface area (Å²) in [6.45, 7) is 5.18. The van der Waals surface area contributed by atoms with Gasteiger partial charge in [0, 0.05) is 31.2 Å². The fourth-order valence-electron chi connectivity index (χ4n) is 3.28. The lowest BCUT2D eigenvalue weighted by atomic mass is 10.1. The number of fused-ring (bicyclic) bond motifs is 1. The molecule has 0 bridgehead atoms. The van der Waals surface area contributed by atoms with Crippen molar-refractivity contribution in [3.63, 3.8) is 0 Å². The van der Waals surface area contributed by atoms with E-state index in [2.05, 4.69) is 50.3 Å². The van der Waals surface area contributed by atoms with Gasteiger partial charge in [0.2, 0.25) is 0 Å². The molecular formula is C18H21N5O. The first-order valence-corrected chi connectivity index (χ1v) is 8.23. The summed E-state index contributed by atoms with van der Waals surface area (Å²) in [5.41, 5.74) is 3.37. The van der Waals surface area contributed by atoms with Gasteiger partial charge in [-0.25, -0.2) is 4.98 Å². The second kappa shape index (κ2) is 6.30. The lowest BCUT2D eigenvalue weighted by molar-refractivity contribution is -0.0171. The third-order valence-corrected chi connectivity index (χ3v) is 4.56. The lowest BCUT2D eigenvalue weighted by Gasteiger charge is -2.34. The lowest BCUT2D eigenvalue weighted by Crippen LogP contribution is -2.40. The minimum absolute atomic E-state index is 0.137. The Hall–Kier alpha value is -2.31. The van der Waals surface area contributed by atoms with Crippen LogP contribution in [-0.4, -0.2) is 44.4 Å². The fraction of sp³-hybridized carbons (Fsp3) is 0.389. The van der Waals surface area contributed by atoms with E-state index in [0.717, 1.165) is 36.7 Å². The van der Waals surface area contributed by atoms with Gasteiger partial charge in [-0.05, 0) is 30.7 Å². The van der Waals surface area contributed by atoms with Crippen LogP contribution in [0.4, 0.5) is 0 Å². The van der Waals surface area contributed by atoms with E-state index >= 15 is 0 Å². The minimum Gasteiger partial charge on any atom is -0.378 e. The normalized spacial score (nSPS) is 19.0. The number of hydrogen-bond acceptors (Lipinski definition) is 5. The van der Waals surface area contributed by atoms with Crippen molar-refractivity contribution in [2.24, 2.45) is 7.05 Å². The van der Waals surface area contributed by atoms with Gasteiger partial charge in [-0.1, -0.05) is 12.1 Å². The summed E-state index contributed by atoms with van der Waals surface area (Å²) in [5.74, 6) is 0.952. The largest absolute Gasteiger partial charge is 0.378 e. The van der Waals surface area contributed by atoms with Gasteiger partial charge in [-0.2, -0.15) is 5.10 Å². The van der Waals surface area contributed by atoms with Gasteiger partial charge in [-0.3, -0.25) is 14.6 Å². The van der Waals surface area contributed by atoms with Crippen molar-refractivity contribution in [3.8, 4) is 0 Å². The van der Waals surface area contributed by atoms with Crippen molar-refractivity contribution in [2.75, 3.05) is 19.8 Å². The predicted molar refractivity (Wildman–Crippen MR) is 91.5 cm³/mol. The standard InChI is InChI=1S/C18H21N5O/c1-13-3-5-15-9-14(4-6-16(15)21-13)10-23-7-8-24-11-17(23)18-19-12-20-22(18)2/h3-6,9,12,17H,7-8,10-11H2,1-2H3/t17-/m0/s1. The number of nitrogens with zero attached hydrogens (tertiary/aromatic N) is 5. The molecule has 4 rings (SSSR count). The van der Waals surface area contributed by atoms with Gasteiger partial charge in [0.15, 0.2) is 0 Å². The van der Waals surface area contributed by atoms with Gasteiger partial charge in [0.25, 0.3) is 0 Å². The molecule has 0 saturated carbocycles. The molecule has 3 aromatic rings. The summed E-state index contributed by atoms with van der Waals surface area (Å²) in [5, 5.41) is 5.38. The van der Waals surface area contributed by atoms with Crippen LogP contribution in [0.15, 0.2) is 36.7 Å². The molecule has 0 spiro atoms. The number of morpholine rings is 1. The molecule has 1 aliphatic heterocycles. The Balaban J connectivity index is 1.60. The van der Waals surface area contributed by atoms with Crippen LogP contribution in [0.2, 0.25) is 0 Å². The number of rotatable bonds is 3. The summed E-state index contributed by atoms with van der Waals surface area (Å²) >= 11 is 0. The number of hydrogen-bond donors (Lipinski definition) is 0. The summed E-state index contributed by atoms with van der Waals surface area (Å²) in [4.78, 5) is 11.4. The van der Waals surface area contributed by atoms with Crippen LogP contribution in [-0.2, 0) is 18.3 Å². The first kappa shape index (κ1) is 15.2.